The van der Waals surface area contributed by atoms with Crippen LogP contribution in [0.1, 0.15) is 33.8 Å². The molecule has 2 rings (SSSR count). The Morgan fingerprint density at radius 1 is 1.24 bits per heavy atom. The van der Waals surface area contributed by atoms with E-state index in [0.717, 1.165) is 27.5 Å². The molecule has 1 amide bonds. The topological polar surface area (TPSA) is 47.6 Å². The molecule has 0 aliphatic carbocycles. The Hall–Kier alpha value is -2.01. The minimum atomic E-state index is -0.177. The van der Waals surface area contributed by atoms with Crippen molar-refractivity contribution in [3.63, 3.8) is 0 Å². The Bertz CT molecular complexity index is 636. The third kappa shape index (κ3) is 3.36. The number of hydrogen-bond acceptors (Lipinski definition) is 4. The van der Waals surface area contributed by atoms with Gasteiger partial charge in [-0.05, 0) is 49.1 Å². The zero-order valence-electron chi connectivity index (χ0n) is 12.6. The number of hydrogen-bond donors (Lipinski definition) is 1. The number of thiophene rings is 1. The van der Waals surface area contributed by atoms with Crippen molar-refractivity contribution in [2.24, 2.45) is 0 Å². The van der Waals surface area contributed by atoms with Gasteiger partial charge in [0, 0.05) is 5.56 Å². The zero-order valence-corrected chi connectivity index (χ0v) is 13.4. The molecule has 2 aromatic rings. The van der Waals surface area contributed by atoms with Crippen LogP contribution in [0, 0.1) is 6.92 Å². The number of rotatable bonds is 5. The standard InChI is InChI=1S/C16H19NO3S/c1-10-7-8-21-15(10)16(18)17-11(2)13-9-12(19-3)5-6-14(13)20-4/h5-9,11H,1-4H3,(H,17,18). The van der Waals surface area contributed by atoms with Crippen molar-refractivity contribution in [3.05, 3.63) is 45.6 Å². The monoisotopic (exact) mass is 305 g/mol. The van der Waals surface area contributed by atoms with Gasteiger partial charge < -0.3 is 14.8 Å². The molecule has 0 spiro atoms. The molecule has 0 fully saturated rings. The van der Waals surface area contributed by atoms with Crippen molar-refractivity contribution >= 4 is 17.2 Å². The maximum Gasteiger partial charge on any atom is 0.262 e. The Morgan fingerprint density at radius 2 is 2.00 bits per heavy atom. The molecule has 0 radical (unpaired) electrons. The van der Waals surface area contributed by atoms with Crippen molar-refractivity contribution in [2.75, 3.05) is 14.2 Å². The summed E-state index contributed by atoms with van der Waals surface area (Å²) < 4.78 is 10.6. The van der Waals surface area contributed by atoms with Gasteiger partial charge in [-0.1, -0.05) is 0 Å². The Balaban J connectivity index is 2.22. The number of methoxy groups -OCH3 is 2. The summed E-state index contributed by atoms with van der Waals surface area (Å²) in [6.45, 7) is 3.86. The second-order valence-electron chi connectivity index (χ2n) is 4.74. The molecule has 0 saturated heterocycles. The fraction of sp³-hybridized carbons (Fsp3) is 0.312. The molecule has 1 unspecified atom stereocenters. The van der Waals surface area contributed by atoms with Crippen molar-refractivity contribution < 1.29 is 14.3 Å². The first kappa shape index (κ1) is 15.4. The summed E-state index contributed by atoms with van der Waals surface area (Å²) in [5, 5.41) is 4.92. The predicted molar refractivity (Wildman–Crippen MR) is 84.5 cm³/mol. The van der Waals surface area contributed by atoms with Gasteiger partial charge >= 0.3 is 0 Å². The van der Waals surface area contributed by atoms with Crippen LogP contribution in [-0.4, -0.2) is 20.1 Å². The van der Waals surface area contributed by atoms with Gasteiger partial charge in [-0.3, -0.25) is 4.79 Å². The highest BCUT2D eigenvalue weighted by molar-refractivity contribution is 7.12. The smallest absolute Gasteiger partial charge is 0.262 e. The van der Waals surface area contributed by atoms with E-state index in [1.54, 1.807) is 14.2 Å². The molecule has 0 saturated carbocycles. The number of ether oxygens (including phenoxy) is 2. The summed E-state index contributed by atoms with van der Waals surface area (Å²) in [6, 6.07) is 7.32. The zero-order chi connectivity index (χ0) is 15.4. The third-order valence-electron chi connectivity index (χ3n) is 3.32. The molecular formula is C16H19NO3S. The number of carbonyl (C=O) groups is 1. The summed E-state index contributed by atoms with van der Waals surface area (Å²) >= 11 is 1.44. The summed E-state index contributed by atoms with van der Waals surface area (Å²) in [6.07, 6.45) is 0. The van der Waals surface area contributed by atoms with Crippen LogP contribution in [-0.2, 0) is 0 Å². The van der Waals surface area contributed by atoms with Gasteiger partial charge in [0.2, 0.25) is 0 Å². The summed E-state index contributed by atoms with van der Waals surface area (Å²) in [5.41, 5.74) is 1.88. The molecule has 4 nitrogen and oxygen atoms in total. The Morgan fingerprint density at radius 3 is 2.57 bits per heavy atom. The maximum atomic E-state index is 12.3. The number of amides is 1. The van der Waals surface area contributed by atoms with Gasteiger partial charge in [-0.25, -0.2) is 0 Å². The Labute approximate surface area is 128 Å². The predicted octanol–water partition coefficient (Wildman–Crippen LogP) is 3.56. The number of nitrogens with one attached hydrogen (secondary N) is 1. The Kier molecular flexibility index (Phi) is 4.85. The van der Waals surface area contributed by atoms with Gasteiger partial charge in [0.05, 0.1) is 25.1 Å². The van der Waals surface area contributed by atoms with Gasteiger partial charge in [0.1, 0.15) is 11.5 Å². The minimum absolute atomic E-state index is 0.0696. The lowest BCUT2D eigenvalue weighted by Gasteiger charge is -2.18. The molecule has 1 heterocycles. The largest absolute Gasteiger partial charge is 0.497 e. The quantitative estimate of drug-likeness (QED) is 0.918. The molecule has 1 atom stereocenters. The van der Waals surface area contributed by atoms with Crippen molar-refractivity contribution in [2.45, 2.75) is 19.9 Å². The SMILES string of the molecule is COc1ccc(OC)c(C(C)NC(=O)c2sccc2C)c1. The molecule has 0 bridgehead atoms. The highest BCUT2D eigenvalue weighted by Crippen LogP contribution is 2.29. The molecule has 1 aromatic heterocycles. The van der Waals surface area contributed by atoms with E-state index in [0.29, 0.717) is 0 Å². The number of aryl methyl sites for hydroxylation is 1. The maximum absolute atomic E-state index is 12.3. The fourth-order valence-corrected chi connectivity index (χ4v) is 2.95. The van der Waals surface area contributed by atoms with E-state index in [1.165, 1.54) is 11.3 Å². The minimum Gasteiger partial charge on any atom is -0.497 e. The third-order valence-corrected chi connectivity index (χ3v) is 4.33. The molecule has 1 N–H and O–H groups in total. The van der Waals surface area contributed by atoms with Crippen molar-refractivity contribution in [1.82, 2.24) is 5.32 Å². The van der Waals surface area contributed by atoms with Crippen LogP contribution in [0.5, 0.6) is 11.5 Å². The first-order valence-corrected chi connectivity index (χ1v) is 7.51. The second kappa shape index (κ2) is 6.63. The van der Waals surface area contributed by atoms with E-state index >= 15 is 0 Å². The van der Waals surface area contributed by atoms with E-state index < -0.39 is 0 Å². The highest BCUT2D eigenvalue weighted by atomic mass is 32.1. The lowest BCUT2D eigenvalue weighted by Crippen LogP contribution is -2.26. The first-order chi connectivity index (χ1) is 10.1. The molecule has 5 heteroatoms. The lowest BCUT2D eigenvalue weighted by molar-refractivity contribution is 0.0943. The van der Waals surface area contributed by atoms with Crippen LogP contribution in [0.25, 0.3) is 0 Å². The first-order valence-electron chi connectivity index (χ1n) is 6.63. The van der Waals surface area contributed by atoms with Gasteiger partial charge in [-0.15, -0.1) is 11.3 Å². The fourth-order valence-electron chi connectivity index (χ4n) is 2.12. The summed E-state index contributed by atoms with van der Waals surface area (Å²) in [4.78, 5) is 13.0. The van der Waals surface area contributed by atoms with Crippen LogP contribution in [0.4, 0.5) is 0 Å². The molecule has 21 heavy (non-hydrogen) atoms. The summed E-state index contributed by atoms with van der Waals surface area (Å²) in [5.74, 6) is 1.39. The molecular weight excluding hydrogens is 286 g/mol. The van der Waals surface area contributed by atoms with E-state index in [9.17, 15) is 4.79 Å². The highest BCUT2D eigenvalue weighted by Gasteiger charge is 2.17. The van der Waals surface area contributed by atoms with E-state index in [-0.39, 0.29) is 11.9 Å². The normalized spacial score (nSPS) is 11.8. The van der Waals surface area contributed by atoms with E-state index in [2.05, 4.69) is 5.32 Å². The molecule has 1 aromatic carbocycles. The summed E-state index contributed by atoms with van der Waals surface area (Å²) in [7, 11) is 3.23. The van der Waals surface area contributed by atoms with Gasteiger partial charge in [-0.2, -0.15) is 0 Å². The lowest BCUT2D eigenvalue weighted by atomic mass is 10.1. The van der Waals surface area contributed by atoms with Crippen LogP contribution < -0.4 is 14.8 Å². The number of benzene rings is 1. The molecule has 0 aliphatic heterocycles. The van der Waals surface area contributed by atoms with Gasteiger partial charge in [0.25, 0.3) is 5.91 Å². The molecule has 0 aliphatic rings. The van der Waals surface area contributed by atoms with Gasteiger partial charge in [0.15, 0.2) is 0 Å². The van der Waals surface area contributed by atoms with Crippen LogP contribution in [0.3, 0.4) is 0 Å². The van der Waals surface area contributed by atoms with Crippen LogP contribution >= 0.6 is 11.3 Å². The average Bonchev–Trinajstić information content (AvgIpc) is 2.92. The van der Waals surface area contributed by atoms with Crippen molar-refractivity contribution in [3.8, 4) is 11.5 Å². The van der Waals surface area contributed by atoms with E-state index in [4.69, 9.17) is 9.47 Å². The van der Waals surface area contributed by atoms with Crippen LogP contribution in [0.2, 0.25) is 0 Å². The van der Waals surface area contributed by atoms with E-state index in [1.807, 2.05) is 43.5 Å². The molecule has 112 valence electrons. The van der Waals surface area contributed by atoms with Crippen LogP contribution in [0.15, 0.2) is 29.6 Å². The average molecular weight is 305 g/mol. The second-order valence-corrected chi connectivity index (χ2v) is 5.65. The van der Waals surface area contributed by atoms with Crippen molar-refractivity contribution in [1.29, 1.82) is 0 Å². The number of carbonyl (C=O) groups excluding carboxylic acids is 1.